The average molecular weight is 462 g/mol. The molecule has 33 heavy (non-hydrogen) atoms. The van der Waals surface area contributed by atoms with Crippen LogP contribution in [0, 0.1) is 11.3 Å². The summed E-state index contributed by atoms with van der Waals surface area (Å²) in [5.74, 6) is -2.76. The number of anilines is 1. The van der Waals surface area contributed by atoms with E-state index in [1.165, 1.54) is 11.3 Å². The smallest absolute Gasteiger partial charge is 0.475 e. The molecule has 0 atom stereocenters. The SMILES string of the molecule is N#Cc1ccc(N2CCC3(CC2)COCCN3Cc2cccnc2)cc1.O=C(O)C(F)(F)F. The van der Waals surface area contributed by atoms with Crippen molar-refractivity contribution in [2.45, 2.75) is 31.1 Å². The second-order valence-electron chi connectivity index (χ2n) is 8.01. The topological polar surface area (TPSA) is 89.7 Å². The fourth-order valence-electron chi connectivity index (χ4n) is 4.11. The number of alkyl halides is 3. The third kappa shape index (κ3) is 6.43. The molecule has 1 spiro atoms. The first-order chi connectivity index (χ1) is 15.7. The zero-order valence-corrected chi connectivity index (χ0v) is 18.0. The number of carboxylic acid groups (broad SMARTS) is 1. The van der Waals surface area contributed by atoms with E-state index in [1.807, 2.05) is 30.6 Å². The van der Waals surface area contributed by atoms with Crippen LogP contribution in [0.3, 0.4) is 0 Å². The molecule has 1 aromatic heterocycles. The zero-order chi connectivity index (χ0) is 23.9. The van der Waals surface area contributed by atoms with Crippen LogP contribution in [0.2, 0.25) is 0 Å². The fraction of sp³-hybridized carbons (Fsp3) is 0.435. The van der Waals surface area contributed by atoms with Gasteiger partial charge in [0.1, 0.15) is 0 Å². The highest BCUT2D eigenvalue weighted by Gasteiger charge is 2.42. The van der Waals surface area contributed by atoms with Crippen LogP contribution in [0.15, 0.2) is 48.8 Å². The molecule has 2 saturated heterocycles. The van der Waals surface area contributed by atoms with Gasteiger partial charge in [-0.25, -0.2) is 4.79 Å². The Balaban J connectivity index is 0.000000383. The summed E-state index contributed by atoms with van der Waals surface area (Å²) in [7, 11) is 0. The second-order valence-corrected chi connectivity index (χ2v) is 8.01. The first kappa shape index (κ1) is 24.5. The summed E-state index contributed by atoms with van der Waals surface area (Å²) in [6.45, 7) is 5.56. The van der Waals surface area contributed by atoms with Crippen molar-refractivity contribution in [2.24, 2.45) is 0 Å². The van der Waals surface area contributed by atoms with Gasteiger partial charge in [-0.3, -0.25) is 9.88 Å². The number of carbonyl (C=O) groups is 1. The second kappa shape index (κ2) is 10.6. The van der Waals surface area contributed by atoms with E-state index in [-0.39, 0.29) is 5.54 Å². The van der Waals surface area contributed by atoms with E-state index in [0.717, 1.165) is 52.2 Å². The van der Waals surface area contributed by atoms with Gasteiger partial charge in [-0.05, 0) is 48.7 Å². The number of piperidine rings is 1. The minimum atomic E-state index is -5.08. The number of halogens is 3. The lowest BCUT2D eigenvalue weighted by Gasteiger charge is -2.51. The van der Waals surface area contributed by atoms with Gasteiger partial charge in [-0.2, -0.15) is 18.4 Å². The molecule has 0 amide bonds. The van der Waals surface area contributed by atoms with Gasteiger partial charge in [0.2, 0.25) is 0 Å². The molecule has 0 aliphatic carbocycles. The first-order valence-corrected chi connectivity index (χ1v) is 10.5. The molecule has 176 valence electrons. The molecular weight excluding hydrogens is 437 g/mol. The molecule has 4 rings (SSSR count). The molecule has 7 nitrogen and oxygen atoms in total. The number of hydrogen-bond acceptors (Lipinski definition) is 6. The van der Waals surface area contributed by atoms with Crippen molar-refractivity contribution >= 4 is 11.7 Å². The maximum absolute atomic E-state index is 10.6. The molecule has 0 saturated carbocycles. The number of carboxylic acids is 1. The number of ether oxygens (including phenoxy) is 1. The highest BCUT2D eigenvalue weighted by molar-refractivity contribution is 5.73. The van der Waals surface area contributed by atoms with Gasteiger partial charge in [-0.1, -0.05) is 6.07 Å². The highest BCUT2D eigenvalue weighted by atomic mass is 19.4. The zero-order valence-electron chi connectivity index (χ0n) is 18.0. The van der Waals surface area contributed by atoms with E-state index < -0.39 is 12.1 Å². The fourth-order valence-corrected chi connectivity index (χ4v) is 4.11. The number of morpholine rings is 1. The Hall–Kier alpha value is -3.16. The largest absolute Gasteiger partial charge is 0.490 e. The maximum atomic E-state index is 10.6. The van der Waals surface area contributed by atoms with Crippen molar-refractivity contribution in [3.63, 3.8) is 0 Å². The molecular formula is C23H25F3N4O3. The lowest BCUT2D eigenvalue weighted by Crippen LogP contribution is -2.61. The first-order valence-electron chi connectivity index (χ1n) is 10.5. The number of hydrogen-bond donors (Lipinski definition) is 1. The molecule has 0 radical (unpaired) electrons. The lowest BCUT2D eigenvalue weighted by molar-refractivity contribution is -0.192. The van der Waals surface area contributed by atoms with E-state index >= 15 is 0 Å². The van der Waals surface area contributed by atoms with Crippen molar-refractivity contribution in [2.75, 3.05) is 37.7 Å². The van der Waals surface area contributed by atoms with Gasteiger partial charge in [0.25, 0.3) is 0 Å². The quantitative estimate of drug-likeness (QED) is 0.747. The van der Waals surface area contributed by atoms with E-state index in [0.29, 0.717) is 5.56 Å². The van der Waals surface area contributed by atoms with Crippen LogP contribution < -0.4 is 4.90 Å². The van der Waals surface area contributed by atoms with E-state index in [9.17, 15) is 13.2 Å². The molecule has 2 fully saturated rings. The van der Waals surface area contributed by atoms with Gasteiger partial charge in [-0.15, -0.1) is 0 Å². The molecule has 1 N–H and O–H groups in total. The Morgan fingerprint density at radius 1 is 1.18 bits per heavy atom. The minimum Gasteiger partial charge on any atom is -0.475 e. The van der Waals surface area contributed by atoms with Gasteiger partial charge < -0.3 is 14.7 Å². The van der Waals surface area contributed by atoms with Crippen molar-refractivity contribution < 1.29 is 27.8 Å². The number of pyridine rings is 1. The Bertz CT molecular complexity index is 954. The van der Waals surface area contributed by atoms with Crippen molar-refractivity contribution in [3.05, 3.63) is 59.9 Å². The predicted molar refractivity (Wildman–Crippen MR) is 114 cm³/mol. The Labute approximate surface area is 190 Å². The van der Waals surface area contributed by atoms with E-state index in [4.69, 9.17) is 19.9 Å². The van der Waals surface area contributed by atoms with Crippen LogP contribution >= 0.6 is 0 Å². The van der Waals surface area contributed by atoms with Gasteiger partial charge in [0, 0.05) is 49.8 Å². The van der Waals surface area contributed by atoms with Crippen LogP contribution in [0.4, 0.5) is 18.9 Å². The Morgan fingerprint density at radius 2 is 1.85 bits per heavy atom. The standard InChI is InChI=1S/C21H24N4O.C2HF3O2/c22-14-18-3-5-20(6-4-18)24-10-7-21(8-11-24)17-26-13-12-25(21)16-19-2-1-9-23-15-19;3-2(4,5)1(6)7/h1-6,9,15H,7-8,10-13,16-17H2;(H,6,7). The van der Waals surface area contributed by atoms with Crippen molar-refractivity contribution in [1.29, 1.82) is 5.26 Å². The summed E-state index contributed by atoms with van der Waals surface area (Å²) in [5.41, 5.74) is 3.31. The van der Waals surface area contributed by atoms with E-state index in [1.54, 1.807) is 0 Å². The molecule has 0 unspecified atom stereocenters. The van der Waals surface area contributed by atoms with Crippen LogP contribution in [0.5, 0.6) is 0 Å². The summed E-state index contributed by atoms with van der Waals surface area (Å²) >= 11 is 0. The summed E-state index contributed by atoms with van der Waals surface area (Å²) < 4.78 is 37.6. The molecule has 2 aliphatic rings. The molecule has 10 heteroatoms. The summed E-state index contributed by atoms with van der Waals surface area (Å²) in [6, 6.07) is 14.3. The summed E-state index contributed by atoms with van der Waals surface area (Å²) in [4.78, 5) is 18.2. The Morgan fingerprint density at radius 3 is 2.39 bits per heavy atom. The monoisotopic (exact) mass is 462 g/mol. The molecule has 1 aromatic carbocycles. The van der Waals surface area contributed by atoms with Crippen LogP contribution in [0.25, 0.3) is 0 Å². The number of aliphatic carboxylic acids is 1. The molecule has 0 bridgehead atoms. The molecule has 2 aromatic rings. The third-order valence-corrected chi connectivity index (χ3v) is 5.94. The van der Waals surface area contributed by atoms with Crippen LogP contribution in [-0.2, 0) is 16.1 Å². The lowest BCUT2D eigenvalue weighted by atomic mass is 9.84. The van der Waals surface area contributed by atoms with Gasteiger partial charge in [0.15, 0.2) is 0 Å². The van der Waals surface area contributed by atoms with E-state index in [2.05, 4.69) is 39.1 Å². The number of aromatic nitrogens is 1. The van der Waals surface area contributed by atoms with Gasteiger partial charge >= 0.3 is 12.1 Å². The number of nitriles is 1. The third-order valence-electron chi connectivity index (χ3n) is 5.94. The number of nitrogens with zero attached hydrogens (tertiary/aromatic N) is 4. The predicted octanol–water partition coefficient (Wildman–Crippen LogP) is 3.46. The summed E-state index contributed by atoms with van der Waals surface area (Å²) in [6.07, 6.45) is 0.893. The number of rotatable bonds is 3. The van der Waals surface area contributed by atoms with Crippen LogP contribution in [-0.4, -0.2) is 65.5 Å². The minimum absolute atomic E-state index is 0.122. The summed E-state index contributed by atoms with van der Waals surface area (Å²) in [5, 5.41) is 16.1. The average Bonchev–Trinajstić information content (AvgIpc) is 2.82. The number of benzene rings is 1. The Kier molecular flexibility index (Phi) is 7.89. The van der Waals surface area contributed by atoms with Crippen LogP contribution in [0.1, 0.15) is 24.0 Å². The molecule has 3 heterocycles. The van der Waals surface area contributed by atoms with Gasteiger partial charge in [0.05, 0.1) is 24.8 Å². The highest BCUT2D eigenvalue weighted by Crippen LogP contribution is 2.34. The normalized spacial score (nSPS) is 18.2. The van der Waals surface area contributed by atoms with Crippen molar-refractivity contribution in [3.8, 4) is 6.07 Å². The van der Waals surface area contributed by atoms with Crippen molar-refractivity contribution in [1.82, 2.24) is 9.88 Å². The molecule has 2 aliphatic heterocycles. The maximum Gasteiger partial charge on any atom is 0.490 e.